The van der Waals surface area contributed by atoms with Crippen LogP contribution in [0, 0.1) is 17.0 Å². The van der Waals surface area contributed by atoms with Gasteiger partial charge in [-0.15, -0.1) is 0 Å². The zero-order valence-corrected chi connectivity index (χ0v) is 18.0. The van der Waals surface area contributed by atoms with Gasteiger partial charge in [0.15, 0.2) is 0 Å². The van der Waals surface area contributed by atoms with Crippen LogP contribution < -0.4 is 4.31 Å². The van der Waals surface area contributed by atoms with Gasteiger partial charge in [-0.05, 0) is 45.0 Å². The molecule has 2 aromatic rings. The van der Waals surface area contributed by atoms with E-state index in [9.17, 15) is 28.1 Å². The van der Waals surface area contributed by atoms with Gasteiger partial charge in [0.05, 0.1) is 34.3 Å². The van der Waals surface area contributed by atoms with Gasteiger partial charge >= 0.3 is 11.9 Å². The van der Waals surface area contributed by atoms with Crippen LogP contribution in [0.4, 0.5) is 11.4 Å². The minimum atomic E-state index is -4.42. The predicted molar refractivity (Wildman–Crippen MR) is 111 cm³/mol. The van der Waals surface area contributed by atoms with E-state index in [1.54, 1.807) is 13.8 Å². The predicted octanol–water partition coefficient (Wildman–Crippen LogP) is 2.84. The van der Waals surface area contributed by atoms with Gasteiger partial charge in [-0.2, -0.15) is 0 Å². The molecule has 0 saturated carbocycles. The summed E-state index contributed by atoms with van der Waals surface area (Å²) in [4.78, 5) is 34.4. The van der Waals surface area contributed by atoms with E-state index in [0.717, 1.165) is 10.4 Å². The van der Waals surface area contributed by atoms with Gasteiger partial charge < -0.3 is 9.47 Å². The Bertz CT molecular complexity index is 1100. The molecule has 0 aliphatic heterocycles. The highest BCUT2D eigenvalue weighted by atomic mass is 32.2. The molecule has 0 atom stereocenters. The first-order valence-corrected chi connectivity index (χ1v) is 10.8. The number of sulfonamides is 1. The third-order valence-electron chi connectivity index (χ3n) is 4.19. The van der Waals surface area contributed by atoms with Crippen molar-refractivity contribution in [2.45, 2.75) is 25.7 Å². The number of hydrogen-bond acceptors (Lipinski definition) is 8. The molecule has 0 bridgehead atoms. The van der Waals surface area contributed by atoms with Crippen LogP contribution in [-0.4, -0.2) is 45.0 Å². The van der Waals surface area contributed by atoms with Crippen molar-refractivity contribution < 1.29 is 32.4 Å². The van der Waals surface area contributed by atoms with Crippen LogP contribution in [0.5, 0.6) is 0 Å². The summed E-state index contributed by atoms with van der Waals surface area (Å²) in [5.74, 6) is -1.49. The standard InChI is InChI=1S/C20H22N2O8S/c1-4-29-19(23)13-21(16-8-6-7-15(11-16)20(24)30-5-2)31(27,28)17-10-9-14(3)18(12-17)22(25)26/h6-12H,4-5,13H2,1-3H3. The summed E-state index contributed by atoms with van der Waals surface area (Å²) >= 11 is 0. The molecule has 11 heteroatoms. The van der Waals surface area contributed by atoms with Crippen molar-refractivity contribution >= 4 is 33.3 Å². The number of carbonyl (C=O) groups is 2. The van der Waals surface area contributed by atoms with E-state index in [2.05, 4.69) is 0 Å². The monoisotopic (exact) mass is 450 g/mol. The van der Waals surface area contributed by atoms with Crippen LogP contribution in [0.3, 0.4) is 0 Å². The van der Waals surface area contributed by atoms with Gasteiger partial charge in [0, 0.05) is 11.6 Å². The number of esters is 2. The second kappa shape index (κ2) is 10.0. The van der Waals surface area contributed by atoms with Gasteiger partial charge in [0.1, 0.15) is 6.54 Å². The number of nitro benzene ring substituents is 1. The summed E-state index contributed by atoms with van der Waals surface area (Å²) in [5, 5.41) is 11.3. The van der Waals surface area contributed by atoms with E-state index < -0.39 is 33.4 Å². The lowest BCUT2D eigenvalue weighted by Crippen LogP contribution is -2.36. The molecule has 0 spiro atoms. The lowest BCUT2D eigenvalue weighted by Gasteiger charge is -2.24. The molecule has 0 heterocycles. The lowest BCUT2D eigenvalue weighted by atomic mass is 10.2. The first-order valence-electron chi connectivity index (χ1n) is 9.32. The molecule has 31 heavy (non-hydrogen) atoms. The lowest BCUT2D eigenvalue weighted by molar-refractivity contribution is -0.385. The Labute approximate surface area is 179 Å². The maximum absolute atomic E-state index is 13.3. The summed E-state index contributed by atoms with van der Waals surface area (Å²) < 4.78 is 37.2. The molecule has 0 fully saturated rings. The van der Waals surface area contributed by atoms with Crippen molar-refractivity contribution in [3.8, 4) is 0 Å². The normalized spacial score (nSPS) is 10.9. The highest BCUT2D eigenvalue weighted by Gasteiger charge is 2.30. The molecular formula is C20H22N2O8S. The average molecular weight is 450 g/mol. The minimum absolute atomic E-state index is 0.00170. The second-order valence-corrected chi connectivity index (χ2v) is 8.16. The van der Waals surface area contributed by atoms with Crippen molar-refractivity contribution in [1.82, 2.24) is 0 Å². The molecule has 166 valence electrons. The number of carbonyl (C=O) groups excluding carboxylic acids is 2. The summed E-state index contributed by atoms with van der Waals surface area (Å²) in [6.45, 7) is 4.15. The van der Waals surface area contributed by atoms with Gasteiger partial charge in [-0.3, -0.25) is 19.2 Å². The van der Waals surface area contributed by atoms with Gasteiger partial charge in [-0.25, -0.2) is 13.2 Å². The summed E-state index contributed by atoms with van der Waals surface area (Å²) in [6.07, 6.45) is 0. The summed E-state index contributed by atoms with van der Waals surface area (Å²) in [6, 6.07) is 8.98. The largest absolute Gasteiger partial charge is 0.465 e. The quantitative estimate of drug-likeness (QED) is 0.323. The van der Waals surface area contributed by atoms with E-state index in [4.69, 9.17) is 9.47 Å². The van der Waals surface area contributed by atoms with Crippen molar-refractivity contribution in [2.24, 2.45) is 0 Å². The number of benzene rings is 2. The van der Waals surface area contributed by atoms with Crippen LogP contribution in [0.2, 0.25) is 0 Å². The second-order valence-electron chi connectivity index (χ2n) is 6.29. The molecule has 0 aromatic heterocycles. The van der Waals surface area contributed by atoms with Crippen molar-refractivity contribution in [2.75, 3.05) is 24.1 Å². The number of hydrogen-bond donors (Lipinski definition) is 0. The van der Waals surface area contributed by atoms with Crippen LogP contribution in [0.15, 0.2) is 47.4 Å². The molecule has 0 saturated heterocycles. The van der Waals surface area contributed by atoms with Crippen molar-refractivity contribution in [3.05, 3.63) is 63.7 Å². The van der Waals surface area contributed by atoms with Gasteiger partial charge in [0.2, 0.25) is 0 Å². The first kappa shape index (κ1) is 23.8. The Kier molecular flexibility index (Phi) is 7.70. The minimum Gasteiger partial charge on any atom is -0.465 e. The number of aryl methyl sites for hydroxylation is 1. The SMILES string of the molecule is CCOC(=O)CN(c1cccc(C(=O)OCC)c1)S(=O)(=O)c1ccc(C)c([N+](=O)[O-])c1. The number of nitrogens with zero attached hydrogens (tertiary/aromatic N) is 2. The van der Waals surface area contributed by atoms with E-state index >= 15 is 0 Å². The third kappa shape index (κ3) is 5.57. The summed E-state index contributed by atoms with van der Waals surface area (Å²) in [5.41, 5.74) is -0.0113. The molecular weight excluding hydrogens is 428 g/mol. The zero-order chi connectivity index (χ0) is 23.2. The van der Waals surface area contributed by atoms with Crippen LogP contribution >= 0.6 is 0 Å². The fourth-order valence-electron chi connectivity index (χ4n) is 2.71. The molecule has 0 unspecified atom stereocenters. The fourth-order valence-corrected chi connectivity index (χ4v) is 4.14. The highest BCUT2D eigenvalue weighted by molar-refractivity contribution is 7.92. The van der Waals surface area contributed by atoms with E-state index in [1.165, 1.54) is 43.3 Å². The van der Waals surface area contributed by atoms with E-state index in [1.807, 2.05) is 0 Å². The van der Waals surface area contributed by atoms with Crippen molar-refractivity contribution in [3.63, 3.8) is 0 Å². The Balaban J connectivity index is 2.60. The Morgan fingerprint density at radius 1 is 1.06 bits per heavy atom. The van der Waals surface area contributed by atoms with E-state index in [0.29, 0.717) is 0 Å². The molecule has 0 aliphatic rings. The number of anilines is 1. The number of nitro groups is 1. The number of rotatable bonds is 9. The van der Waals surface area contributed by atoms with Crippen LogP contribution in [-0.2, 0) is 24.3 Å². The molecule has 0 amide bonds. The highest BCUT2D eigenvalue weighted by Crippen LogP contribution is 2.28. The first-order chi connectivity index (χ1) is 14.6. The fraction of sp³-hybridized carbons (Fsp3) is 0.300. The Morgan fingerprint density at radius 2 is 1.74 bits per heavy atom. The average Bonchev–Trinajstić information content (AvgIpc) is 2.72. The molecule has 0 radical (unpaired) electrons. The number of ether oxygens (including phenoxy) is 2. The maximum atomic E-state index is 13.3. The van der Waals surface area contributed by atoms with E-state index in [-0.39, 0.29) is 40.6 Å². The molecule has 2 rings (SSSR count). The van der Waals surface area contributed by atoms with Crippen LogP contribution in [0.1, 0.15) is 29.8 Å². The van der Waals surface area contributed by atoms with Crippen LogP contribution in [0.25, 0.3) is 0 Å². The topological polar surface area (TPSA) is 133 Å². The molecule has 10 nitrogen and oxygen atoms in total. The zero-order valence-electron chi connectivity index (χ0n) is 17.2. The molecule has 0 N–H and O–H groups in total. The van der Waals surface area contributed by atoms with Gasteiger partial charge in [-0.1, -0.05) is 12.1 Å². The Hall–Kier alpha value is -3.47. The van der Waals surface area contributed by atoms with Gasteiger partial charge in [0.25, 0.3) is 15.7 Å². The van der Waals surface area contributed by atoms with Crippen molar-refractivity contribution in [1.29, 1.82) is 0 Å². The third-order valence-corrected chi connectivity index (χ3v) is 5.96. The smallest absolute Gasteiger partial charge is 0.338 e. The molecule has 2 aromatic carbocycles. The Morgan fingerprint density at radius 3 is 2.35 bits per heavy atom. The maximum Gasteiger partial charge on any atom is 0.338 e. The molecule has 0 aliphatic carbocycles. The summed E-state index contributed by atoms with van der Waals surface area (Å²) in [7, 11) is -4.42.